The summed E-state index contributed by atoms with van der Waals surface area (Å²) >= 11 is 5.13. The molecule has 2 heterocycles. The Kier molecular flexibility index (Phi) is 4.57. The molecule has 27 heavy (non-hydrogen) atoms. The highest BCUT2D eigenvalue weighted by Crippen LogP contribution is 2.28. The number of hydrogen-bond acceptors (Lipinski definition) is 4. The Balaban J connectivity index is 2.08. The van der Waals surface area contributed by atoms with E-state index in [9.17, 15) is 4.79 Å². The van der Waals surface area contributed by atoms with Crippen LogP contribution in [0, 0.1) is 0 Å². The fourth-order valence-electron chi connectivity index (χ4n) is 3.18. The first-order valence-electron chi connectivity index (χ1n) is 8.28. The molecule has 0 unspecified atom stereocenters. The second kappa shape index (κ2) is 6.90. The number of anilines is 1. The van der Waals surface area contributed by atoms with Gasteiger partial charge in [-0.3, -0.25) is 14.0 Å². The number of benzene rings is 2. The van der Waals surface area contributed by atoms with E-state index in [0.29, 0.717) is 5.39 Å². The molecule has 136 valence electrons. The number of pyridine rings is 1. The molecular formula is C20H17BrN4OS. The summed E-state index contributed by atoms with van der Waals surface area (Å²) in [5.41, 5.74) is 9.09. The first-order valence-corrected chi connectivity index (χ1v) is 10.3. The molecule has 0 aliphatic carbocycles. The maximum atomic E-state index is 13.4. The van der Waals surface area contributed by atoms with E-state index in [1.807, 2.05) is 48.7 Å². The Hall–Kier alpha value is -2.51. The Morgan fingerprint density at radius 1 is 1.07 bits per heavy atom. The van der Waals surface area contributed by atoms with Crippen LogP contribution in [-0.2, 0) is 7.05 Å². The zero-order valence-electron chi connectivity index (χ0n) is 14.8. The summed E-state index contributed by atoms with van der Waals surface area (Å²) in [4.78, 5) is 14.5. The van der Waals surface area contributed by atoms with E-state index in [1.165, 1.54) is 4.90 Å². The molecule has 2 aromatic carbocycles. The van der Waals surface area contributed by atoms with Crippen molar-refractivity contribution in [2.24, 2.45) is 7.05 Å². The van der Waals surface area contributed by atoms with Crippen molar-refractivity contribution in [1.82, 2.24) is 14.3 Å². The molecule has 0 bridgehead atoms. The van der Waals surface area contributed by atoms with Crippen LogP contribution in [0.3, 0.4) is 0 Å². The Morgan fingerprint density at radius 2 is 1.74 bits per heavy atom. The second-order valence-corrected chi connectivity index (χ2v) is 7.94. The van der Waals surface area contributed by atoms with Gasteiger partial charge in [-0.15, -0.1) is 11.8 Å². The lowest BCUT2D eigenvalue weighted by molar-refractivity contribution is 0.801. The number of nitrogen functional groups attached to an aromatic ring is 1. The van der Waals surface area contributed by atoms with Crippen LogP contribution >= 0.6 is 27.7 Å². The summed E-state index contributed by atoms with van der Waals surface area (Å²) in [6.45, 7) is 0. The number of nitrogens with two attached hydrogens (primary N) is 1. The quantitative estimate of drug-likeness (QED) is 0.477. The molecule has 4 rings (SSSR count). The average Bonchev–Trinajstić information content (AvgIpc) is 2.96. The first-order chi connectivity index (χ1) is 13.0. The van der Waals surface area contributed by atoms with Crippen molar-refractivity contribution >= 4 is 44.4 Å². The predicted octanol–water partition coefficient (Wildman–Crippen LogP) is 4.46. The van der Waals surface area contributed by atoms with E-state index in [2.05, 4.69) is 33.2 Å². The minimum absolute atomic E-state index is 0.177. The van der Waals surface area contributed by atoms with Gasteiger partial charge in [-0.05, 0) is 54.3 Å². The molecule has 4 aromatic rings. The highest BCUT2D eigenvalue weighted by atomic mass is 79.9. The van der Waals surface area contributed by atoms with Crippen molar-refractivity contribution in [2.75, 3.05) is 12.0 Å². The largest absolute Gasteiger partial charge is 0.382 e. The monoisotopic (exact) mass is 440 g/mol. The topological polar surface area (TPSA) is 65.8 Å². The van der Waals surface area contributed by atoms with Crippen LogP contribution in [0.2, 0.25) is 0 Å². The number of fused-ring (bicyclic) bond motifs is 1. The summed E-state index contributed by atoms with van der Waals surface area (Å²) in [5.74, 6) is 0.243. The number of halogens is 1. The van der Waals surface area contributed by atoms with E-state index < -0.39 is 0 Å². The Labute approximate surface area is 168 Å². The van der Waals surface area contributed by atoms with Crippen LogP contribution in [0.15, 0.2) is 68.8 Å². The SMILES string of the molecule is CSc1ccc(-c2cc3c(c(N)nn3C)c(=O)n2-c2ccc(Br)cc2)cc1. The van der Waals surface area contributed by atoms with Crippen LogP contribution < -0.4 is 11.3 Å². The van der Waals surface area contributed by atoms with Crippen molar-refractivity contribution in [2.45, 2.75) is 4.90 Å². The lowest BCUT2D eigenvalue weighted by Crippen LogP contribution is -2.20. The molecule has 7 heteroatoms. The van der Waals surface area contributed by atoms with Gasteiger partial charge in [0.05, 0.1) is 11.2 Å². The summed E-state index contributed by atoms with van der Waals surface area (Å²) < 4.78 is 4.30. The van der Waals surface area contributed by atoms with E-state index in [0.717, 1.165) is 26.9 Å². The number of thioether (sulfide) groups is 1. The zero-order chi connectivity index (χ0) is 19.1. The number of aryl methyl sites for hydroxylation is 1. The summed E-state index contributed by atoms with van der Waals surface area (Å²) in [6, 6.07) is 17.8. The van der Waals surface area contributed by atoms with E-state index >= 15 is 0 Å². The molecule has 2 aromatic heterocycles. The van der Waals surface area contributed by atoms with Crippen molar-refractivity contribution < 1.29 is 0 Å². The van der Waals surface area contributed by atoms with Crippen LogP contribution in [0.4, 0.5) is 5.82 Å². The van der Waals surface area contributed by atoms with Gasteiger partial charge in [-0.1, -0.05) is 28.1 Å². The van der Waals surface area contributed by atoms with Gasteiger partial charge in [-0.25, -0.2) is 0 Å². The van der Waals surface area contributed by atoms with Gasteiger partial charge in [0.2, 0.25) is 0 Å². The Bertz CT molecular complexity index is 1190. The predicted molar refractivity (Wildman–Crippen MR) is 116 cm³/mol. The third-order valence-corrected chi connectivity index (χ3v) is 5.79. The lowest BCUT2D eigenvalue weighted by atomic mass is 10.1. The molecular weight excluding hydrogens is 424 g/mol. The molecule has 0 radical (unpaired) electrons. The second-order valence-electron chi connectivity index (χ2n) is 6.14. The van der Waals surface area contributed by atoms with Crippen molar-refractivity contribution in [3.63, 3.8) is 0 Å². The van der Waals surface area contributed by atoms with E-state index in [-0.39, 0.29) is 11.4 Å². The van der Waals surface area contributed by atoms with Gasteiger partial charge in [0.1, 0.15) is 5.39 Å². The normalized spacial score (nSPS) is 11.2. The molecule has 0 saturated carbocycles. The van der Waals surface area contributed by atoms with Gasteiger partial charge in [-0.2, -0.15) is 5.10 Å². The molecule has 0 saturated heterocycles. The van der Waals surface area contributed by atoms with Gasteiger partial charge < -0.3 is 5.73 Å². The Morgan fingerprint density at radius 3 is 2.37 bits per heavy atom. The average molecular weight is 441 g/mol. The first kappa shape index (κ1) is 17.9. The van der Waals surface area contributed by atoms with Crippen LogP contribution in [0.25, 0.3) is 27.8 Å². The van der Waals surface area contributed by atoms with Crippen molar-refractivity contribution in [1.29, 1.82) is 0 Å². The van der Waals surface area contributed by atoms with Gasteiger partial charge in [0, 0.05) is 22.1 Å². The van der Waals surface area contributed by atoms with Gasteiger partial charge in [0.25, 0.3) is 5.56 Å². The highest BCUT2D eigenvalue weighted by molar-refractivity contribution is 9.10. The minimum Gasteiger partial charge on any atom is -0.382 e. The minimum atomic E-state index is -0.177. The van der Waals surface area contributed by atoms with Crippen molar-refractivity contribution in [3.8, 4) is 16.9 Å². The lowest BCUT2D eigenvalue weighted by Gasteiger charge is -2.15. The van der Waals surface area contributed by atoms with Crippen LogP contribution in [0.5, 0.6) is 0 Å². The molecule has 2 N–H and O–H groups in total. The summed E-state index contributed by atoms with van der Waals surface area (Å²) in [7, 11) is 1.79. The maximum absolute atomic E-state index is 13.4. The van der Waals surface area contributed by atoms with Gasteiger partial charge >= 0.3 is 0 Å². The van der Waals surface area contributed by atoms with Crippen LogP contribution in [0.1, 0.15) is 0 Å². The number of aromatic nitrogens is 3. The highest BCUT2D eigenvalue weighted by Gasteiger charge is 2.18. The molecule has 0 amide bonds. The van der Waals surface area contributed by atoms with E-state index in [4.69, 9.17) is 5.73 Å². The number of hydrogen-bond donors (Lipinski definition) is 1. The fraction of sp³-hybridized carbons (Fsp3) is 0.100. The molecule has 0 aliphatic rings. The van der Waals surface area contributed by atoms with E-state index in [1.54, 1.807) is 28.1 Å². The summed E-state index contributed by atoms with van der Waals surface area (Å²) in [6.07, 6.45) is 2.04. The third kappa shape index (κ3) is 3.07. The molecule has 0 atom stereocenters. The standard InChI is InChI=1S/C20H17BrN4OS/c1-24-17-11-16(12-3-9-15(27-2)10-4-12)25(14-7-5-13(21)6-8-14)20(26)18(17)19(22)23-24/h3-11H,1-2H3,(H2,22,23). The van der Waals surface area contributed by atoms with Gasteiger partial charge in [0.15, 0.2) is 5.82 Å². The van der Waals surface area contributed by atoms with Crippen LogP contribution in [-0.4, -0.2) is 20.6 Å². The van der Waals surface area contributed by atoms with Crippen molar-refractivity contribution in [3.05, 3.63) is 69.4 Å². The zero-order valence-corrected chi connectivity index (χ0v) is 17.2. The molecule has 5 nitrogen and oxygen atoms in total. The number of nitrogens with zero attached hydrogens (tertiary/aromatic N) is 3. The molecule has 0 aliphatic heterocycles. The fourth-order valence-corrected chi connectivity index (χ4v) is 3.85. The summed E-state index contributed by atoms with van der Waals surface area (Å²) in [5, 5.41) is 4.67. The smallest absolute Gasteiger partial charge is 0.268 e. The molecule has 0 spiro atoms. The third-order valence-electron chi connectivity index (χ3n) is 4.52. The molecule has 0 fully saturated rings. The maximum Gasteiger partial charge on any atom is 0.268 e. The number of rotatable bonds is 3.